The molecule has 0 amide bonds. The fourth-order valence-electron chi connectivity index (χ4n) is 1.29. The van der Waals surface area contributed by atoms with Crippen LogP contribution in [0.15, 0.2) is 18.2 Å². The monoisotopic (exact) mass is 206 g/mol. The minimum Gasteiger partial charge on any atom is -0.508 e. The Morgan fingerprint density at radius 1 is 1.60 bits per heavy atom. The average molecular weight is 206 g/mol. The molecular weight excluding hydrogens is 196 g/mol. The Morgan fingerprint density at radius 2 is 2.40 bits per heavy atom. The number of phenolic OH excluding ortho intramolecular Hbond substituents is 1. The van der Waals surface area contributed by atoms with E-state index in [1.165, 1.54) is 12.1 Å². The van der Waals surface area contributed by atoms with E-state index in [1.807, 2.05) is 0 Å². The topological polar surface area (TPSA) is 75.2 Å². The second-order valence-electron chi connectivity index (χ2n) is 3.01. The lowest BCUT2D eigenvalue weighted by atomic mass is 10.3. The number of nitrogens with zero attached hydrogens (tertiary/aromatic N) is 1. The number of aromatic nitrogens is 2. The molecule has 0 aliphatic heterocycles. The van der Waals surface area contributed by atoms with Crippen molar-refractivity contribution >= 4 is 17.0 Å². The fraction of sp³-hybridized carbons (Fsp3) is 0.200. The number of hydrogen-bond acceptors (Lipinski definition) is 4. The zero-order chi connectivity index (χ0) is 10.8. The first kappa shape index (κ1) is 9.51. The summed E-state index contributed by atoms with van der Waals surface area (Å²) < 4.78 is 4.79. The summed E-state index contributed by atoms with van der Waals surface area (Å²) in [6, 6.07) is 4.65. The molecule has 1 aromatic carbocycles. The molecule has 1 heterocycles. The van der Waals surface area contributed by atoms with Gasteiger partial charge < -0.3 is 14.8 Å². The lowest BCUT2D eigenvalue weighted by Gasteiger charge is -1.95. The molecule has 0 radical (unpaired) electrons. The van der Waals surface area contributed by atoms with Crippen LogP contribution in [0.25, 0.3) is 11.0 Å². The van der Waals surface area contributed by atoms with Crippen LogP contribution in [0, 0.1) is 0 Å². The number of carbonyl (C=O) groups is 1. The van der Waals surface area contributed by atoms with Crippen LogP contribution in [0.5, 0.6) is 5.75 Å². The molecule has 0 spiro atoms. The molecule has 0 fully saturated rings. The van der Waals surface area contributed by atoms with Crippen molar-refractivity contribution in [1.29, 1.82) is 0 Å². The van der Waals surface area contributed by atoms with Crippen molar-refractivity contribution in [2.75, 3.05) is 6.61 Å². The summed E-state index contributed by atoms with van der Waals surface area (Å²) >= 11 is 0. The number of benzene rings is 1. The number of imidazole rings is 1. The van der Waals surface area contributed by atoms with Crippen LogP contribution in [0.3, 0.4) is 0 Å². The van der Waals surface area contributed by atoms with E-state index in [0.717, 1.165) is 0 Å². The van der Waals surface area contributed by atoms with E-state index in [1.54, 1.807) is 13.0 Å². The largest absolute Gasteiger partial charge is 0.508 e. The first-order valence-corrected chi connectivity index (χ1v) is 4.56. The summed E-state index contributed by atoms with van der Waals surface area (Å²) in [5.74, 6) is -0.216. The second-order valence-corrected chi connectivity index (χ2v) is 3.01. The number of phenols is 1. The maximum atomic E-state index is 11.3. The van der Waals surface area contributed by atoms with Gasteiger partial charge in [-0.3, -0.25) is 0 Å². The van der Waals surface area contributed by atoms with Gasteiger partial charge in [-0.1, -0.05) is 0 Å². The summed E-state index contributed by atoms with van der Waals surface area (Å²) in [7, 11) is 0. The van der Waals surface area contributed by atoms with Gasteiger partial charge in [0.05, 0.1) is 17.6 Å². The highest BCUT2D eigenvalue weighted by Crippen LogP contribution is 2.17. The van der Waals surface area contributed by atoms with E-state index in [4.69, 9.17) is 4.74 Å². The lowest BCUT2D eigenvalue weighted by molar-refractivity contribution is 0.0514. The van der Waals surface area contributed by atoms with Gasteiger partial charge in [0.15, 0.2) is 0 Å². The molecule has 2 aromatic rings. The number of aromatic hydroxyl groups is 1. The zero-order valence-corrected chi connectivity index (χ0v) is 8.15. The van der Waals surface area contributed by atoms with Crippen molar-refractivity contribution in [2.24, 2.45) is 0 Å². The molecule has 0 unspecified atom stereocenters. The normalized spacial score (nSPS) is 10.5. The molecule has 0 saturated carbocycles. The maximum absolute atomic E-state index is 11.3. The van der Waals surface area contributed by atoms with E-state index >= 15 is 0 Å². The molecular formula is C10H10N2O3. The highest BCUT2D eigenvalue weighted by molar-refractivity contribution is 5.90. The Labute approximate surface area is 85.7 Å². The summed E-state index contributed by atoms with van der Waals surface area (Å²) in [6.07, 6.45) is 0. The van der Waals surface area contributed by atoms with Crippen LogP contribution >= 0.6 is 0 Å². The summed E-state index contributed by atoms with van der Waals surface area (Å²) in [6.45, 7) is 2.04. The standard InChI is InChI=1S/C10H10N2O3/c1-2-15-10(14)9-11-7-4-3-6(13)5-8(7)12-9/h3-5,13H,2H2,1H3,(H,11,12). The number of esters is 1. The minimum absolute atomic E-state index is 0.126. The maximum Gasteiger partial charge on any atom is 0.374 e. The number of ether oxygens (including phenoxy) is 1. The Hall–Kier alpha value is -2.04. The van der Waals surface area contributed by atoms with Crippen LogP contribution in [0.2, 0.25) is 0 Å². The molecule has 78 valence electrons. The van der Waals surface area contributed by atoms with Crippen LogP contribution in [0.1, 0.15) is 17.5 Å². The average Bonchev–Trinajstić information content (AvgIpc) is 2.60. The number of fused-ring (bicyclic) bond motifs is 1. The summed E-state index contributed by atoms with van der Waals surface area (Å²) in [4.78, 5) is 18.1. The van der Waals surface area contributed by atoms with Gasteiger partial charge in [0.2, 0.25) is 5.82 Å². The van der Waals surface area contributed by atoms with Gasteiger partial charge in [-0.05, 0) is 19.1 Å². The first-order valence-electron chi connectivity index (χ1n) is 4.56. The highest BCUT2D eigenvalue weighted by atomic mass is 16.5. The predicted molar refractivity (Wildman–Crippen MR) is 53.7 cm³/mol. The van der Waals surface area contributed by atoms with E-state index in [2.05, 4.69) is 9.97 Å². The highest BCUT2D eigenvalue weighted by Gasteiger charge is 2.11. The van der Waals surface area contributed by atoms with E-state index < -0.39 is 5.97 Å². The SMILES string of the molecule is CCOC(=O)c1nc2ccc(O)cc2[nH]1. The third kappa shape index (κ3) is 1.76. The van der Waals surface area contributed by atoms with Gasteiger partial charge in [0.25, 0.3) is 0 Å². The van der Waals surface area contributed by atoms with E-state index in [-0.39, 0.29) is 11.6 Å². The molecule has 15 heavy (non-hydrogen) atoms. The van der Waals surface area contributed by atoms with Gasteiger partial charge in [-0.2, -0.15) is 0 Å². The molecule has 0 aliphatic carbocycles. The van der Waals surface area contributed by atoms with E-state index in [9.17, 15) is 9.90 Å². The van der Waals surface area contributed by atoms with Crippen LogP contribution in [-0.2, 0) is 4.74 Å². The van der Waals surface area contributed by atoms with Crippen molar-refractivity contribution in [3.63, 3.8) is 0 Å². The number of carbonyl (C=O) groups excluding carboxylic acids is 1. The second kappa shape index (κ2) is 3.61. The predicted octanol–water partition coefficient (Wildman–Crippen LogP) is 1.45. The molecule has 0 aliphatic rings. The van der Waals surface area contributed by atoms with Crippen molar-refractivity contribution in [1.82, 2.24) is 9.97 Å². The fourth-order valence-corrected chi connectivity index (χ4v) is 1.29. The minimum atomic E-state index is -0.492. The Bertz CT molecular complexity index is 504. The molecule has 1 aromatic heterocycles. The van der Waals surface area contributed by atoms with Gasteiger partial charge in [-0.25, -0.2) is 9.78 Å². The van der Waals surface area contributed by atoms with Crippen molar-refractivity contribution in [3.8, 4) is 5.75 Å². The third-order valence-corrected chi connectivity index (χ3v) is 1.93. The molecule has 2 N–H and O–H groups in total. The summed E-state index contributed by atoms with van der Waals surface area (Å²) in [5.41, 5.74) is 1.23. The zero-order valence-electron chi connectivity index (χ0n) is 8.15. The van der Waals surface area contributed by atoms with Gasteiger partial charge in [0, 0.05) is 6.07 Å². The number of aromatic amines is 1. The van der Waals surface area contributed by atoms with Crippen LogP contribution in [-0.4, -0.2) is 27.7 Å². The van der Waals surface area contributed by atoms with Gasteiger partial charge >= 0.3 is 5.97 Å². The number of nitrogens with one attached hydrogen (secondary N) is 1. The molecule has 5 nitrogen and oxygen atoms in total. The van der Waals surface area contributed by atoms with Gasteiger partial charge in [0.1, 0.15) is 5.75 Å². The lowest BCUT2D eigenvalue weighted by Crippen LogP contribution is -2.06. The molecule has 0 saturated heterocycles. The van der Waals surface area contributed by atoms with Crippen molar-refractivity contribution < 1.29 is 14.6 Å². The molecule has 2 rings (SSSR count). The molecule has 5 heteroatoms. The van der Waals surface area contributed by atoms with Gasteiger partial charge in [-0.15, -0.1) is 0 Å². The van der Waals surface area contributed by atoms with Crippen molar-refractivity contribution in [3.05, 3.63) is 24.0 Å². The molecule has 0 bridgehead atoms. The Morgan fingerprint density at radius 3 is 3.13 bits per heavy atom. The van der Waals surface area contributed by atoms with Crippen LogP contribution in [0.4, 0.5) is 0 Å². The Balaban J connectivity index is 2.42. The third-order valence-electron chi connectivity index (χ3n) is 1.93. The van der Waals surface area contributed by atoms with E-state index in [0.29, 0.717) is 17.6 Å². The van der Waals surface area contributed by atoms with Crippen LogP contribution < -0.4 is 0 Å². The number of hydrogen-bond donors (Lipinski definition) is 2. The first-order chi connectivity index (χ1) is 7.20. The van der Waals surface area contributed by atoms with Crippen molar-refractivity contribution in [2.45, 2.75) is 6.92 Å². The molecule has 0 atom stereocenters. The number of H-pyrrole nitrogens is 1. The smallest absolute Gasteiger partial charge is 0.374 e. The quantitative estimate of drug-likeness (QED) is 0.729. The summed E-state index contributed by atoms with van der Waals surface area (Å²) in [5, 5.41) is 9.22. The number of rotatable bonds is 2. The Kier molecular flexibility index (Phi) is 2.29.